The van der Waals surface area contributed by atoms with Gasteiger partial charge in [-0.1, -0.05) is 18.2 Å². The molecule has 0 aliphatic heterocycles. The number of anilines is 1. The lowest BCUT2D eigenvalue weighted by Gasteiger charge is -2.18. The van der Waals surface area contributed by atoms with Gasteiger partial charge in [0, 0.05) is 12.7 Å². The molecular formula is C13H17NO2S. The summed E-state index contributed by atoms with van der Waals surface area (Å²) >= 11 is 0. The molecule has 0 heterocycles. The lowest BCUT2D eigenvalue weighted by Crippen LogP contribution is -2.36. The second-order valence-electron chi connectivity index (χ2n) is 3.90. The molecule has 0 saturated heterocycles. The van der Waals surface area contributed by atoms with E-state index in [4.69, 9.17) is 0 Å². The van der Waals surface area contributed by atoms with E-state index in [1.54, 1.807) is 7.05 Å². The number of para-hydroxylation sites is 1. The smallest absolute Gasteiger partial charge is 0.267 e. The first-order valence-electron chi connectivity index (χ1n) is 5.23. The fourth-order valence-corrected chi connectivity index (χ4v) is 2.59. The molecule has 0 atom stereocenters. The van der Waals surface area contributed by atoms with Crippen molar-refractivity contribution in [1.29, 1.82) is 0 Å². The molecule has 3 nitrogen and oxygen atoms in total. The largest absolute Gasteiger partial charge is 0.311 e. The van der Waals surface area contributed by atoms with Crippen molar-refractivity contribution in [3.63, 3.8) is 0 Å². The summed E-state index contributed by atoms with van der Waals surface area (Å²) in [5.41, 5.74) is 0.793. The molecule has 0 radical (unpaired) electrons. The van der Waals surface area contributed by atoms with Crippen LogP contribution in [0.1, 0.15) is 6.92 Å². The molecular weight excluding hydrogens is 234 g/mol. The standard InChI is InChI=1S/C13H17NO2S/c1-10(15)12(17(3)4)13(16)14(2)11-8-6-5-7-9-11/h5-9H,1-4H3. The van der Waals surface area contributed by atoms with E-state index in [0.717, 1.165) is 5.69 Å². The van der Waals surface area contributed by atoms with Crippen LogP contribution in [0.2, 0.25) is 0 Å². The Morgan fingerprint density at radius 1 is 1.12 bits per heavy atom. The van der Waals surface area contributed by atoms with Crippen LogP contribution >= 0.6 is 10.5 Å². The van der Waals surface area contributed by atoms with E-state index in [0.29, 0.717) is 4.86 Å². The molecule has 1 aromatic rings. The van der Waals surface area contributed by atoms with Gasteiger partial charge in [0.05, 0.1) is 0 Å². The van der Waals surface area contributed by atoms with Crippen molar-refractivity contribution in [1.82, 2.24) is 0 Å². The number of Topliss-reactive ketones (excluding diaryl/α,β-unsaturated/α-hetero) is 1. The number of benzene rings is 1. The summed E-state index contributed by atoms with van der Waals surface area (Å²) in [6.45, 7) is 1.44. The molecule has 0 aliphatic rings. The molecule has 0 spiro atoms. The summed E-state index contributed by atoms with van der Waals surface area (Å²) in [7, 11) is 1.36. The van der Waals surface area contributed by atoms with E-state index in [1.165, 1.54) is 11.8 Å². The van der Waals surface area contributed by atoms with Crippen LogP contribution in [-0.4, -0.2) is 36.1 Å². The van der Waals surface area contributed by atoms with Crippen molar-refractivity contribution in [2.24, 2.45) is 0 Å². The Hall–Kier alpha value is -1.42. The Bertz CT molecular complexity index is 462. The van der Waals surface area contributed by atoms with Gasteiger partial charge in [-0.2, -0.15) is 10.5 Å². The van der Waals surface area contributed by atoms with Crippen LogP contribution in [0.3, 0.4) is 0 Å². The number of hydrogen-bond acceptors (Lipinski definition) is 2. The van der Waals surface area contributed by atoms with Crippen molar-refractivity contribution >= 4 is 32.7 Å². The van der Waals surface area contributed by atoms with Gasteiger partial charge in [-0.05, 0) is 31.6 Å². The molecule has 0 unspecified atom stereocenters. The van der Waals surface area contributed by atoms with Gasteiger partial charge in [-0.3, -0.25) is 9.59 Å². The van der Waals surface area contributed by atoms with Gasteiger partial charge in [-0.25, -0.2) is 0 Å². The lowest BCUT2D eigenvalue weighted by molar-refractivity contribution is -0.115. The molecule has 0 aromatic heterocycles. The topological polar surface area (TPSA) is 37.4 Å². The molecule has 0 bridgehead atoms. The third-order valence-corrected chi connectivity index (χ3v) is 3.65. The molecule has 0 fully saturated rings. The maximum atomic E-state index is 12.2. The Kier molecular flexibility index (Phi) is 4.63. The number of hydrogen-bond donors (Lipinski definition) is 0. The minimum atomic E-state index is -0.332. The molecule has 4 heteroatoms. The SMILES string of the molecule is CC(=O)C(C(=O)N(C)c1ccccc1)=S(C)C. The zero-order valence-electron chi connectivity index (χ0n) is 10.6. The van der Waals surface area contributed by atoms with Crippen molar-refractivity contribution in [2.45, 2.75) is 6.92 Å². The van der Waals surface area contributed by atoms with Crippen LogP contribution in [0.4, 0.5) is 5.69 Å². The maximum absolute atomic E-state index is 12.2. The highest BCUT2D eigenvalue weighted by molar-refractivity contribution is 8.16. The van der Waals surface area contributed by atoms with Crippen LogP contribution in [0.25, 0.3) is 0 Å². The third kappa shape index (κ3) is 3.27. The molecule has 1 rings (SSSR count). The van der Waals surface area contributed by atoms with Gasteiger partial charge >= 0.3 is 0 Å². The zero-order valence-corrected chi connectivity index (χ0v) is 11.4. The number of carbonyl (C=O) groups excluding carboxylic acids is 2. The molecule has 1 aromatic carbocycles. The average Bonchev–Trinajstić information content (AvgIpc) is 2.28. The van der Waals surface area contributed by atoms with Gasteiger partial charge in [-0.15, -0.1) is 0 Å². The van der Waals surface area contributed by atoms with Gasteiger partial charge in [0.1, 0.15) is 4.86 Å². The van der Waals surface area contributed by atoms with Crippen molar-refractivity contribution < 1.29 is 9.59 Å². The molecule has 92 valence electrons. The van der Waals surface area contributed by atoms with E-state index in [1.807, 2.05) is 42.8 Å². The van der Waals surface area contributed by atoms with Crippen LogP contribution < -0.4 is 4.90 Å². The number of rotatable bonds is 3. The number of carbonyl (C=O) groups is 2. The minimum Gasteiger partial charge on any atom is -0.311 e. The van der Waals surface area contributed by atoms with Crippen molar-refractivity contribution in [2.75, 3.05) is 24.5 Å². The Labute approximate surface area is 104 Å². The van der Waals surface area contributed by atoms with E-state index in [2.05, 4.69) is 0 Å². The van der Waals surface area contributed by atoms with E-state index < -0.39 is 0 Å². The summed E-state index contributed by atoms with van der Waals surface area (Å²) in [5, 5.41) is 0. The van der Waals surface area contributed by atoms with Crippen LogP contribution in [0, 0.1) is 0 Å². The molecule has 17 heavy (non-hydrogen) atoms. The number of amides is 1. The predicted octanol–water partition coefficient (Wildman–Crippen LogP) is 1.94. The summed E-state index contributed by atoms with van der Waals surface area (Å²) < 4.78 is 0. The summed E-state index contributed by atoms with van der Waals surface area (Å²) in [5.74, 6) is -0.358. The van der Waals surface area contributed by atoms with Gasteiger partial charge < -0.3 is 4.90 Å². The highest BCUT2D eigenvalue weighted by atomic mass is 32.2. The monoisotopic (exact) mass is 251 g/mol. The lowest BCUT2D eigenvalue weighted by atomic mass is 10.2. The maximum Gasteiger partial charge on any atom is 0.267 e. The first kappa shape index (κ1) is 13.6. The molecule has 1 amide bonds. The van der Waals surface area contributed by atoms with Gasteiger partial charge in [0.2, 0.25) is 0 Å². The average molecular weight is 251 g/mol. The van der Waals surface area contributed by atoms with Gasteiger partial charge in [0.25, 0.3) is 5.91 Å². The normalized spacial score (nSPS) is 10.2. The number of ketones is 1. The predicted molar refractivity (Wildman–Crippen MR) is 75.0 cm³/mol. The summed E-state index contributed by atoms with van der Waals surface area (Å²) in [6.07, 6.45) is 3.76. The van der Waals surface area contributed by atoms with Crippen LogP contribution in [-0.2, 0) is 9.59 Å². The summed E-state index contributed by atoms with van der Waals surface area (Å²) in [6, 6.07) is 9.31. The van der Waals surface area contributed by atoms with Crippen molar-refractivity contribution in [3.8, 4) is 0 Å². The Morgan fingerprint density at radius 2 is 1.65 bits per heavy atom. The highest BCUT2D eigenvalue weighted by Crippen LogP contribution is 2.14. The second kappa shape index (κ2) is 5.77. The molecule has 0 aliphatic carbocycles. The van der Waals surface area contributed by atoms with Gasteiger partial charge in [0.15, 0.2) is 5.78 Å². The Morgan fingerprint density at radius 3 is 2.06 bits per heavy atom. The first-order chi connectivity index (χ1) is 7.95. The molecule has 0 N–H and O–H groups in total. The van der Waals surface area contributed by atoms with Crippen LogP contribution in [0.15, 0.2) is 30.3 Å². The minimum absolute atomic E-state index is 0.147. The van der Waals surface area contributed by atoms with Crippen LogP contribution in [0.5, 0.6) is 0 Å². The summed E-state index contributed by atoms with van der Waals surface area (Å²) in [4.78, 5) is 25.6. The Balaban J connectivity index is 3.06. The highest BCUT2D eigenvalue weighted by Gasteiger charge is 2.20. The quantitative estimate of drug-likeness (QED) is 0.608. The van der Waals surface area contributed by atoms with Crippen molar-refractivity contribution in [3.05, 3.63) is 30.3 Å². The number of nitrogens with zero attached hydrogens (tertiary/aromatic N) is 1. The fourth-order valence-electron chi connectivity index (χ4n) is 1.53. The van der Waals surface area contributed by atoms with E-state index in [9.17, 15) is 9.59 Å². The molecule has 0 saturated carbocycles. The van der Waals surface area contributed by atoms with E-state index in [-0.39, 0.29) is 22.2 Å². The third-order valence-electron chi connectivity index (χ3n) is 2.37. The zero-order chi connectivity index (χ0) is 13.0. The fraction of sp³-hybridized carbons (Fsp3) is 0.308. The second-order valence-corrected chi connectivity index (χ2v) is 5.94. The first-order valence-corrected chi connectivity index (χ1v) is 7.28. The van der Waals surface area contributed by atoms with E-state index >= 15 is 0 Å².